The number of aryl methyl sites for hydroxylation is 2. The molecule has 3 rings (SSSR count). The van der Waals surface area contributed by atoms with Crippen LogP contribution in [0.2, 0.25) is 0 Å². The summed E-state index contributed by atoms with van der Waals surface area (Å²) < 4.78 is 13.8. The molecule has 1 fully saturated rings. The van der Waals surface area contributed by atoms with Gasteiger partial charge in [-0.2, -0.15) is 0 Å². The van der Waals surface area contributed by atoms with Crippen molar-refractivity contribution in [1.82, 2.24) is 15.5 Å². The van der Waals surface area contributed by atoms with Gasteiger partial charge in [0.2, 0.25) is 5.91 Å². The van der Waals surface area contributed by atoms with Crippen molar-refractivity contribution in [2.45, 2.75) is 13.8 Å². The first kappa shape index (κ1) is 23.2. The SMILES string of the molecule is Cc1ccc(C(=O)NCC(=O)NCCN2C(=O)S/C(=C\c3ccccc3F)C2=O)cc1C. The van der Waals surface area contributed by atoms with Crippen molar-refractivity contribution < 1.29 is 23.6 Å². The third-order valence-corrected chi connectivity index (χ3v) is 5.81. The fraction of sp³-hybridized carbons (Fsp3) is 0.217. The second kappa shape index (κ2) is 10.2. The molecule has 1 heterocycles. The lowest BCUT2D eigenvalue weighted by Crippen LogP contribution is -2.41. The Labute approximate surface area is 189 Å². The zero-order valence-electron chi connectivity index (χ0n) is 17.6. The maximum Gasteiger partial charge on any atom is 0.293 e. The molecule has 0 unspecified atom stereocenters. The molecule has 166 valence electrons. The largest absolute Gasteiger partial charge is 0.353 e. The van der Waals surface area contributed by atoms with E-state index in [-0.39, 0.29) is 36.0 Å². The number of hydrogen-bond acceptors (Lipinski definition) is 5. The summed E-state index contributed by atoms with van der Waals surface area (Å²) in [6, 6.07) is 11.2. The van der Waals surface area contributed by atoms with E-state index < -0.39 is 22.9 Å². The van der Waals surface area contributed by atoms with Crippen LogP contribution in [0.25, 0.3) is 6.08 Å². The van der Waals surface area contributed by atoms with Crippen LogP contribution in [0.5, 0.6) is 0 Å². The van der Waals surface area contributed by atoms with E-state index in [9.17, 15) is 23.6 Å². The lowest BCUT2D eigenvalue weighted by molar-refractivity contribution is -0.124. The summed E-state index contributed by atoms with van der Waals surface area (Å²) in [6.07, 6.45) is 1.33. The molecule has 1 saturated heterocycles. The number of benzene rings is 2. The van der Waals surface area contributed by atoms with Crippen LogP contribution in [0.4, 0.5) is 9.18 Å². The van der Waals surface area contributed by atoms with Crippen LogP contribution in [0.15, 0.2) is 47.4 Å². The Morgan fingerprint density at radius 3 is 2.53 bits per heavy atom. The third-order valence-electron chi connectivity index (χ3n) is 4.90. The first-order chi connectivity index (χ1) is 15.3. The zero-order valence-corrected chi connectivity index (χ0v) is 18.4. The van der Waals surface area contributed by atoms with Gasteiger partial charge in [0.25, 0.3) is 17.1 Å². The Bertz CT molecular complexity index is 1120. The predicted octanol–water partition coefficient (Wildman–Crippen LogP) is 3.03. The van der Waals surface area contributed by atoms with Gasteiger partial charge >= 0.3 is 0 Å². The second-order valence-electron chi connectivity index (χ2n) is 7.19. The molecule has 0 saturated carbocycles. The molecule has 0 atom stereocenters. The summed E-state index contributed by atoms with van der Waals surface area (Å²) >= 11 is 0.720. The van der Waals surface area contributed by atoms with Gasteiger partial charge < -0.3 is 10.6 Å². The van der Waals surface area contributed by atoms with Crippen molar-refractivity contribution in [3.8, 4) is 0 Å². The minimum absolute atomic E-state index is 0.0311. The van der Waals surface area contributed by atoms with Crippen molar-refractivity contribution in [2.24, 2.45) is 0 Å². The lowest BCUT2D eigenvalue weighted by atomic mass is 10.1. The predicted molar refractivity (Wildman–Crippen MR) is 120 cm³/mol. The second-order valence-corrected chi connectivity index (χ2v) is 8.18. The van der Waals surface area contributed by atoms with Gasteiger partial charge in [-0.05, 0) is 61.0 Å². The first-order valence-corrected chi connectivity index (χ1v) is 10.7. The minimum Gasteiger partial charge on any atom is -0.353 e. The van der Waals surface area contributed by atoms with Crippen LogP contribution in [-0.2, 0) is 9.59 Å². The lowest BCUT2D eigenvalue weighted by Gasteiger charge is -2.13. The monoisotopic (exact) mass is 455 g/mol. The van der Waals surface area contributed by atoms with E-state index in [1.165, 1.54) is 24.3 Å². The molecule has 0 aromatic heterocycles. The molecular formula is C23H22FN3O4S. The Morgan fingerprint density at radius 2 is 1.81 bits per heavy atom. The Hall–Kier alpha value is -3.46. The normalized spacial score (nSPS) is 14.7. The number of hydrogen-bond donors (Lipinski definition) is 2. The number of carbonyl (C=O) groups excluding carboxylic acids is 4. The fourth-order valence-corrected chi connectivity index (χ4v) is 3.80. The number of imide groups is 1. The average molecular weight is 456 g/mol. The molecule has 9 heteroatoms. The highest BCUT2D eigenvalue weighted by Gasteiger charge is 2.34. The van der Waals surface area contributed by atoms with E-state index in [0.29, 0.717) is 5.56 Å². The van der Waals surface area contributed by atoms with Gasteiger partial charge in [-0.25, -0.2) is 4.39 Å². The topological polar surface area (TPSA) is 95.6 Å². The molecule has 1 aliphatic heterocycles. The van der Waals surface area contributed by atoms with E-state index in [1.807, 2.05) is 19.9 Å². The number of thioether (sulfide) groups is 1. The highest BCUT2D eigenvalue weighted by Crippen LogP contribution is 2.32. The average Bonchev–Trinajstić information content (AvgIpc) is 3.03. The van der Waals surface area contributed by atoms with Gasteiger partial charge in [0, 0.05) is 24.2 Å². The molecule has 2 aromatic rings. The summed E-state index contributed by atoms with van der Waals surface area (Å²) in [5.74, 6) is -1.85. The van der Waals surface area contributed by atoms with E-state index >= 15 is 0 Å². The maximum atomic E-state index is 13.8. The van der Waals surface area contributed by atoms with Crippen LogP contribution in [0.1, 0.15) is 27.0 Å². The molecule has 1 aliphatic rings. The van der Waals surface area contributed by atoms with Crippen LogP contribution >= 0.6 is 11.8 Å². The summed E-state index contributed by atoms with van der Waals surface area (Å²) in [6.45, 7) is 3.60. The van der Waals surface area contributed by atoms with Crippen LogP contribution in [0, 0.1) is 19.7 Å². The molecule has 7 nitrogen and oxygen atoms in total. The minimum atomic E-state index is -0.541. The number of halogens is 1. The summed E-state index contributed by atoms with van der Waals surface area (Å²) in [5.41, 5.74) is 2.71. The van der Waals surface area contributed by atoms with Crippen molar-refractivity contribution >= 4 is 40.8 Å². The number of nitrogens with one attached hydrogen (secondary N) is 2. The Kier molecular flexibility index (Phi) is 7.42. The molecular weight excluding hydrogens is 433 g/mol. The van der Waals surface area contributed by atoms with Crippen molar-refractivity contribution in [3.63, 3.8) is 0 Å². The van der Waals surface area contributed by atoms with Gasteiger partial charge in [-0.1, -0.05) is 24.3 Å². The molecule has 2 aromatic carbocycles. The summed E-state index contributed by atoms with van der Waals surface area (Å²) in [7, 11) is 0. The third kappa shape index (κ3) is 5.61. The van der Waals surface area contributed by atoms with Gasteiger partial charge in [-0.3, -0.25) is 24.1 Å². The standard InChI is InChI=1S/C23H22FN3O4S/c1-14-7-8-17(11-15(14)2)21(29)26-13-20(28)25-9-10-27-22(30)19(32-23(27)31)12-16-5-3-4-6-18(16)24/h3-8,11-12H,9-10,13H2,1-2H3,(H,25,28)(H,26,29)/b19-12-. The molecule has 0 radical (unpaired) electrons. The number of carbonyl (C=O) groups is 4. The molecule has 32 heavy (non-hydrogen) atoms. The van der Waals surface area contributed by atoms with Gasteiger partial charge in [0.15, 0.2) is 0 Å². The maximum absolute atomic E-state index is 13.8. The van der Waals surface area contributed by atoms with Crippen LogP contribution < -0.4 is 10.6 Å². The first-order valence-electron chi connectivity index (χ1n) is 9.88. The molecule has 4 amide bonds. The van der Waals surface area contributed by atoms with E-state index in [1.54, 1.807) is 18.2 Å². The number of amides is 4. The van der Waals surface area contributed by atoms with E-state index in [4.69, 9.17) is 0 Å². The highest BCUT2D eigenvalue weighted by atomic mass is 32.2. The zero-order chi connectivity index (χ0) is 23.3. The molecule has 0 aliphatic carbocycles. The molecule has 2 N–H and O–H groups in total. The van der Waals surface area contributed by atoms with Crippen LogP contribution in [-0.4, -0.2) is 47.5 Å². The Morgan fingerprint density at radius 1 is 1.06 bits per heavy atom. The quantitative estimate of drug-likeness (QED) is 0.626. The van der Waals surface area contributed by atoms with Crippen molar-refractivity contribution in [3.05, 3.63) is 75.4 Å². The summed E-state index contributed by atoms with van der Waals surface area (Å²) in [4.78, 5) is 49.9. The smallest absolute Gasteiger partial charge is 0.293 e. The number of rotatable bonds is 7. The van der Waals surface area contributed by atoms with Gasteiger partial charge in [0.1, 0.15) is 5.82 Å². The molecule has 0 bridgehead atoms. The van der Waals surface area contributed by atoms with Gasteiger partial charge in [-0.15, -0.1) is 0 Å². The number of nitrogens with zero attached hydrogens (tertiary/aromatic N) is 1. The van der Waals surface area contributed by atoms with Gasteiger partial charge in [0.05, 0.1) is 11.4 Å². The molecule has 0 spiro atoms. The fourth-order valence-electron chi connectivity index (χ4n) is 2.94. The van der Waals surface area contributed by atoms with E-state index in [0.717, 1.165) is 27.8 Å². The summed E-state index contributed by atoms with van der Waals surface area (Å²) in [5, 5.41) is 4.61. The highest BCUT2D eigenvalue weighted by molar-refractivity contribution is 8.18. The van der Waals surface area contributed by atoms with Crippen LogP contribution in [0.3, 0.4) is 0 Å². The Balaban J connectivity index is 1.47. The van der Waals surface area contributed by atoms with Crippen molar-refractivity contribution in [1.29, 1.82) is 0 Å². The van der Waals surface area contributed by atoms with Crippen molar-refractivity contribution in [2.75, 3.05) is 19.6 Å². The van der Waals surface area contributed by atoms with E-state index in [2.05, 4.69) is 10.6 Å².